The molecule has 0 aromatic carbocycles. The Morgan fingerprint density at radius 3 is 2.80 bits per heavy atom. The van der Waals surface area contributed by atoms with Crippen LogP contribution in [-0.2, 0) is 10.0 Å². The molecule has 6 heteroatoms. The quantitative estimate of drug-likeness (QED) is 0.691. The number of rotatable bonds is 6. The lowest BCUT2D eigenvalue weighted by molar-refractivity contribution is -0.00622. The van der Waals surface area contributed by atoms with Crippen LogP contribution in [0.25, 0.3) is 0 Å². The lowest BCUT2D eigenvalue weighted by atomic mass is 9.75. The normalized spacial score (nSPS) is 33.3. The molecule has 20 heavy (non-hydrogen) atoms. The molecule has 0 aliphatic carbocycles. The summed E-state index contributed by atoms with van der Waals surface area (Å²) in [6.07, 6.45) is 8.89. The fraction of sp³-hybridized carbons (Fsp3) is 0.857. The van der Waals surface area contributed by atoms with Gasteiger partial charge in [-0.25, -0.2) is 13.1 Å². The summed E-state index contributed by atoms with van der Waals surface area (Å²) in [5, 5.41) is 0. The Hall–Kier alpha value is -0.610. The van der Waals surface area contributed by atoms with E-state index >= 15 is 0 Å². The van der Waals surface area contributed by atoms with Gasteiger partial charge < -0.3 is 0 Å². The number of hydrogen-bond acceptors (Lipinski definition) is 4. The van der Waals surface area contributed by atoms with Crippen molar-refractivity contribution >= 4 is 10.0 Å². The predicted molar refractivity (Wildman–Crippen MR) is 80.8 cm³/mol. The van der Waals surface area contributed by atoms with Gasteiger partial charge >= 0.3 is 0 Å². The van der Waals surface area contributed by atoms with Crippen molar-refractivity contribution in [2.24, 2.45) is 11.8 Å². The fourth-order valence-corrected chi connectivity index (χ4v) is 4.03. The zero-order valence-electron chi connectivity index (χ0n) is 12.4. The third-order valence-electron chi connectivity index (χ3n) is 4.50. The van der Waals surface area contributed by atoms with Gasteiger partial charge in [-0.15, -0.1) is 6.42 Å². The molecule has 3 saturated heterocycles. The number of sulfonamides is 1. The van der Waals surface area contributed by atoms with Crippen molar-refractivity contribution in [1.29, 1.82) is 0 Å². The van der Waals surface area contributed by atoms with Crippen molar-refractivity contribution in [2.75, 3.05) is 46.0 Å². The molecule has 0 aromatic heterocycles. The van der Waals surface area contributed by atoms with Gasteiger partial charge in [0.05, 0.1) is 12.8 Å². The molecule has 1 N–H and O–H groups in total. The lowest BCUT2D eigenvalue weighted by Gasteiger charge is -2.50. The van der Waals surface area contributed by atoms with Crippen LogP contribution in [0.4, 0.5) is 0 Å². The smallest absolute Gasteiger partial charge is 0.208 e. The molecule has 3 rings (SSSR count). The molecule has 3 aliphatic heterocycles. The molecule has 0 aromatic rings. The molecule has 4 atom stereocenters. The van der Waals surface area contributed by atoms with E-state index in [2.05, 4.69) is 27.5 Å². The van der Waals surface area contributed by atoms with Crippen molar-refractivity contribution in [3.63, 3.8) is 0 Å². The van der Waals surface area contributed by atoms with Crippen LogP contribution in [0.3, 0.4) is 0 Å². The summed E-state index contributed by atoms with van der Waals surface area (Å²) in [7, 11) is -1.02. The third-order valence-corrected chi connectivity index (χ3v) is 5.19. The Bertz CT molecular complexity index is 471. The Kier molecular flexibility index (Phi) is 5.08. The number of nitrogens with one attached hydrogen (secondary N) is 1. The highest BCUT2D eigenvalue weighted by atomic mass is 32.2. The zero-order valence-corrected chi connectivity index (χ0v) is 13.2. The van der Waals surface area contributed by atoms with Crippen LogP contribution in [-0.4, -0.2) is 70.3 Å². The SMILES string of the molecule is C#CCN(C)CC1CN2CCC1CC2CNS(C)(=O)=O. The third kappa shape index (κ3) is 4.19. The Balaban J connectivity index is 1.86. The maximum Gasteiger partial charge on any atom is 0.208 e. The van der Waals surface area contributed by atoms with Gasteiger partial charge in [-0.1, -0.05) is 5.92 Å². The Labute approximate surface area is 122 Å². The highest BCUT2D eigenvalue weighted by Crippen LogP contribution is 2.36. The molecular weight excluding hydrogens is 274 g/mol. The number of fused-ring (bicyclic) bond motifs is 3. The van der Waals surface area contributed by atoms with E-state index in [9.17, 15) is 8.42 Å². The van der Waals surface area contributed by atoms with E-state index in [4.69, 9.17) is 6.42 Å². The fourth-order valence-electron chi connectivity index (χ4n) is 3.54. The van der Waals surface area contributed by atoms with Gasteiger partial charge in [0.1, 0.15) is 0 Å². The molecule has 114 valence electrons. The van der Waals surface area contributed by atoms with E-state index in [1.54, 1.807) is 0 Å². The first kappa shape index (κ1) is 15.8. The lowest BCUT2D eigenvalue weighted by Crippen LogP contribution is -2.58. The largest absolute Gasteiger partial charge is 0.299 e. The van der Waals surface area contributed by atoms with E-state index < -0.39 is 10.0 Å². The minimum Gasteiger partial charge on any atom is -0.299 e. The van der Waals surface area contributed by atoms with E-state index in [1.165, 1.54) is 12.7 Å². The van der Waals surface area contributed by atoms with E-state index in [1.807, 2.05) is 0 Å². The van der Waals surface area contributed by atoms with Gasteiger partial charge in [0, 0.05) is 25.7 Å². The van der Waals surface area contributed by atoms with Crippen molar-refractivity contribution in [2.45, 2.75) is 18.9 Å². The zero-order chi connectivity index (χ0) is 14.8. The average molecular weight is 299 g/mol. The highest BCUT2D eigenvalue weighted by Gasteiger charge is 2.40. The van der Waals surface area contributed by atoms with Gasteiger partial charge in [-0.2, -0.15) is 0 Å². The second kappa shape index (κ2) is 6.44. The minimum absolute atomic E-state index is 0.359. The monoisotopic (exact) mass is 299 g/mol. The van der Waals surface area contributed by atoms with Crippen LogP contribution in [0.15, 0.2) is 0 Å². The minimum atomic E-state index is -3.09. The molecule has 0 radical (unpaired) electrons. The Morgan fingerprint density at radius 1 is 1.50 bits per heavy atom. The maximum atomic E-state index is 11.2. The molecule has 3 fully saturated rings. The molecular formula is C14H25N3O2S. The first-order valence-corrected chi connectivity index (χ1v) is 9.09. The van der Waals surface area contributed by atoms with Crippen LogP contribution in [0.1, 0.15) is 12.8 Å². The van der Waals surface area contributed by atoms with Gasteiger partial charge in [0.2, 0.25) is 10.0 Å². The highest BCUT2D eigenvalue weighted by molar-refractivity contribution is 7.88. The van der Waals surface area contributed by atoms with Gasteiger partial charge in [-0.3, -0.25) is 9.80 Å². The van der Waals surface area contributed by atoms with Gasteiger partial charge in [-0.05, 0) is 38.3 Å². The number of piperidine rings is 3. The van der Waals surface area contributed by atoms with Crippen LogP contribution in [0, 0.1) is 24.2 Å². The molecule has 5 nitrogen and oxygen atoms in total. The van der Waals surface area contributed by atoms with Crippen LogP contribution >= 0.6 is 0 Å². The molecule has 0 saturated carbocycles. The topological polar surface area (TPSA) is 52.6 Å². The predicted octanol–water partition coefficient (Wildman–Crippen LogP) is -0.189. The first-order chi connectivity index (χ1) is 9.39. The van der Waals surface area contributed by atoms with Crippen molar-refractivity contribution in [3.8, 4) is 12.3 Å². The molecule has 3 aliphatic rings. The molecule has 3 heterocycles. The molecule has 2 bridgehead atoms. The van der Waals surface area contributed by atoms with Crippen LogP contribution in [0.2, 0.25) is 0 Å². The molecule has 0 spiro atoms. The standard InChI is InChI=1S/C14H25N3O2S/c1-4-6-16(2)10-13-11-17-7-5-12(13)8-14(17)9-15-20(3,18)19/h1,12-15H,5-11H2,2-3H3. The second-order valence-corrected chi connectivity index (χ2v) is 8.05. The van der Waals surface area contributed by atoms with Crippen molar-refractivity contribution < 1.29 is 8.42 Å². The van der Waals surface area contributed by atoms with E-state index in [0.29, 0.717) is 31.0 Å². The van der Waals surface area contributed by atoms with Gasteiger partial charge in [0.25, 0.3) is 0 Å². The van der Waals surface area contributed by atoms with Crippen LogP contribution in [0.5, 0.6) is 0 Å². The summed E-state index contributed by atoms with van der Waals surface area (Å²) >= 11 is 0. The average Bonchev–Trinajstić information content (AvgIpc) is 2.37. The molecule has 0 amide bonds. The second-order valence-electron chi connectivity index (χ2n) is 6.21. The summed E-state index contributed by atoms with van der Waals surface area (Å²) in [5.74, 6) is 4.05. The number of nitrogens with zero attached hydrogens (tertiary/aromatic N) is 2. The van der Waals surface area contributed by atoms with Crippen molar-refractivity contribution in [1.82, 2.24) is 14.5 Å². The number of hydrogen-bond donors (Lipinski definition) is 1. The van der Waals surface area contributed by atoms with Crippen molar-refractivity contribution in [3.05, 3.63) is 0 Å². The summed E-state index contributed by atoms with van der Waals surface area (Å²) in [6, 6.07) is 0.359. The van der Waals surface area contributed by atoms with Crippen LogP contribution < -0.4 is 4.72 Å². The number of terminal acetylenes is 1. The summed E-state index contributed by atoms with van der Waals surface area (Å²) < 4.78 is 25.1. The molecule has 4 unspecified atom stereocenters. The summed E-state index contributed by atoms with van der Waals surface area (Å²) in [4.78, 5) is 4.64. The summed E-state index contributed by atoms with van der Waals surface area (Å²) in [6.45, 7) is 4.44. The summed E-state index contributed by atoms with van der Waals surface area (Å²) in [5.41, 5.74) is 0. The Morgan fingerprint density at radius 2 is 2.25 bits per heavy atom. The van der Waals surface area contributed by atoms with Gasteiger partial charge in [0.15, 0.2) is 0 Å². The van der Waals surface area contributed by atoms with E-state index in [0.717, 1.165) is 26.1 Å². The van der Waals surface area contributed by atoms with E-state index in [-0.39, 0.29) is 0 Å². The maximum absolute atomic E-state index is 11.2. The first-order valence-electron chi connectivity index (χ1n) is 7.19.